The molecule has 6 heteroatoms. The van der Waals surface area contributed by atoms with Gasteiger partial charge in [-0.3, -0.25) is 9.59 Å². The second kappa shape index (κ2) is 5.80. The first-order chi connectivity index (χ1) is 8.99. The number of anilines is 1. The van der Waals surface area contributed by atoms with Gasteiger partial charge < -0.3 is 10.2 Å². The number of hydrogen-bond donors (Lipinski definition) is 1. The number of carbonyl (C=O) groups is 2. The zero-order chi connectivity index (χ0) is 14.0. The van der Waals surface area contributed by atoms with Gasteiger partial charge in [0.25, 0.3) is 0 Å². The molecule has 1 aliphatic carbocycles. The first-order valence-corrected chi connectivity index (χ1v) is 6.75. The van der Waals surface area contributed by atoms with Crippen molar-refractivity contribution in [2.24, 2.45) is 0 Å². The summed E-state index contributed by atoms with van der Waals surface area (Å²) < 4.78 is 0. The number of carbonyl (C=O) groups excluding carboxylic acids is 2. The summed E-state index contributed by atoms with van der Waals surface area (Å²) in [6, 6.07) is 5.19. The molecule has 0 heterocycles. The average molecular weight is 301 g/mol. The Kier molecular flexibility index (Phi) is 4.32. The fourth-order valence-corrected chi connectivity index (χ4v) is 2.33. The van der Waals surface area contributed by atoms with Crippen molar-refractivity contribution < 1.29 is 9.59 Å². The number of amides is 2. The lowest BCUT2D eigenvalue weighted by Gasteiger charge is -2.20. The summed E-state index contributed by atoms with van der Waals surface area (Å²) in [7, 11) is 0. The third kappa shape index (κ3) is 3.61. The summed E-state index contributed by atoms with van der Waals surface area (Å²) in [5.41, 5.74) is 0.384. The molecule has 1 aromatic carbocycles. The second-order valence-electron chi connectivity index (χ2n) is 4.52. The van der Waals surface area contributed by atoms with Crippen LogP contribution in [0.15, 0.2) is 18.2 Å². The van der Waals surface area contributed by atoms with Gasteiger partial charge in [0.2, 0.25) is 11.8 Å². The minimum Gasteiger partial charge on any atom is -0.331 e. The van der Waals surface area contributed by atoms with Gasteiger partial charge in [-0.2, -0.15) is 0 Å². The van der Waals surface area contributed by atoms with Crippen LogP contribution in [0.25, 0.3) is 0 Å². The quantitative estimate of drug-likeness (QED) is 0.929. The maximum Gasteiger partial charge on any atom is 0.244 e. The largest absolute Gasteiger partial charge is 0.331 e. The van der Waals surface area contributed by atoms with Crippen LogP contribution in [-0.4, -0.2) is 29.3 Å². The van der Waals surface area contributed by atoms with Crippen molar-refractivity contribution in [1.82, 2.24) is 4.90 Å². The van der Waals surface area contributed by atoms with Crippen molar-refractivity contribution in [3.8, 4) is 0 Å². The third-order valence-corrected chi connectivity index (χ3v) is 3.56. The van der Waals surface area contributed by atoms with Crippen LogP contribution in [0.2, 0.25) is 10.0 Å². The summed E-state index contributed by atoms with van der Waals surface area (Å²) in [6.07, 6.45) is 1.92. The molecule has 0 spiro atoms. The van der Waals surface area contributed by atoms with Gasteiger partial charge in [0.1, 0.15) is 6.54 Å². The predicted octanol–water partition coefficient (Wildman–Crippen LogP) is 2.94. The molecule has 1 aromatic rings. The smallest absolute Gasteiger partial charge is 0.244 e. The van der Waals surface area contributed by atoms with Gasteiger partial charge in [0, 0.05) is 13.0 Å². The number of nitrogens with one attached hydrogen (secondary N) is 1. The highest BCUT2D eigenvalue weighted by Crippen LogP contribution is 2.30. The van der Waals surface area contributed by atoms with Crippen LogP contribution in [0.3, 0.4) is 0 Å². The number of halogens is 2. The molecule has 19 heavy (non-hydrogen) atoms. The summed E-state index contributed by atoms with van der Waals surface area (Å²) in [5.74, 6) is -0.389. The molecule has 0 atom stereocenters. The van der Waals surface area contributed by atoms with Crippen LogP contribution in [0.5, 0.6) is 0 Å². The molecule has 4 nitrogen and oxygen atoms in total. The highest BCUT2D eigenvalue weighted by atomic mass is 35.5. The summed E-state index contributed by atoms with van der Waals surface area (Å²) in [5, 5.41) is 3.40. The van der Waals surface area contributed by atoms with Crippen molar-refractivity contribution in [2.45, 2.75) is 25.8 Å². The average Bonchev–Trinajstić information content (AvgIpc) is 3.15. The van der Waals surface area contributed by atoms with Gasteiger partial charge in [0.15, 0.2) is 0 Å². The van der Waals surface area contributed by atoms with Gasteiger partial charge >= 0.3 is 0 Å². The molecule has 2 rings (SSSR count). The number of benzene rings is 1. The SMILES string of the molecule is CC(=O)N(CC(=O)Nc1c(Cl)cccc1Cl)C1CC1. The standard InChI is InChI=1S/C13H14Cl2N2O2/c1-8(18)17(9-5-6-9)7-12(19)16-13-10(14)3-2-4-11(13)15/h2-4,9H,5-7H2,1H3,(H,16,19). The van der Waals surface area contributed by atoms with Gasteiger partial charge in [-0.15, -0.1) is 0 Å². The number of rotatable bonds is 4. The Bertz CT molecular complexity index is 495. The van der Waals surface area contributed by atoms with E-state index in [0.717, 1.165) is 12.8 Å². The fraction of sp³-hybridized carbons (Fsp3) is 0.385. The van der Waals surface area contributed by atoms with E-state index in [1.165, 1.54) is 6.92 Å². The van der Waals surface area contributed by atoms with Gasteiger partial charge in [-0.25, -0.2) is 0 Å². The zero-order valence-corrected chi connectivity index (χ0v) is 12.0. The maximum atomic E-state index is 11.9. The van der Waals surface area contributed by atoms with Crippen LogP contribution in [0, 0.1) is 0 Å². The molecule has 2 amide bonds. The molecule has 0 saturated heterocycles. The van der Waals surface area contributed by atoms with Crippen LogP contribution < -0.4 is 5.32 Å². The predicted molar refractivity (Wildman–Crippen MR) is 75.5 cm³/mol. The van der Waals surface area contributed by atoms with Gasteiger partial charge in [0.05, 0.1) is 15.7 Å². The Morgan fingerprint density at radius 3 is 2.37 bits per heavy atom. The molecule has 1 fully saturated rings. The zero-order valence-electron chi connectivity index (χ0n) is 10.5. The fourth-order valence-electron chi connectivity index (χ4n) is 1.83. The number of para-hydroxylation sites is 1. The van der Waals surface area contributed by atoms with Crippen LogP contribution >= 0.6 is 23.2 Å². The van der Waals surface area contributed by atoms with E-state index in [9.17, 15) is 9.59 Å². The van der Waals surface area contributed by atoms with Crippen molar-refractivity contribution in [3.63, 3.8) is 0 Å². The number of nitrogens with zero attached hydrogens (tertiary/aromatic N) is 1. The first kappa shape index (κ1) is 14.2. The normalized spacial score (nSPS) is 14.1. The van der Waals surface area contributed by atoms with Crippen LogP contribution in [-0.2, 0) is 9.59 Å². The molecule has 0 bridgehead atoms. The molecular formula is C13H14Cl2N2O2. The molecule has 0 unspecified atom stereocenters. The van der Waals surface area contributed by atoms with Gasteiger partial charge in [-0.05, 0) is 25.0 Å². The second-order valence-corrected chi connectivity index (χ2v) is 5.34. The van der Waals surface area contributed by atoms with E-state index in [1.54, 1.807) is 23.1 Å². The Balaban J connectivity index is 2.02. The molecule has 0 radical (unpaired) electrons. The maximum absolute atomic E-state index is 11.9. The van der Waals surface area contributed by atoms with E-state index in [4.69, 9.17) is 23.2 Å². The topological polar surface area (TPSA) is 49.4 Å². The molecular weight excluding hydrogens is 287 g/mol. The highest BCUT2D eigenvalue weighted by Gasteiger charge is 2.32. The lowest BCUT2D eigenvalue weighted by Crippen LogP contribution is -2.38. The van der Waals surface area contributed by atoms with E-state index in [-0.39, 0.29) is 24.4 Å². The summed E-state index contributed by atoms with van der Waals surface area (Å²) in [4.78, 5) is 25.0. The minimum atomic E-state index is -0.294. The van der Waals surface area contributed by atoms with Crippen LogP contribution in [0.4, 0.5) is 5.69 Å². The highest BCUT2D eigenvalue weighted by molar-refractivity contribution is 6.39. The monoisotopic (exact) mass is 300 g/mol. The lowest BCUT2D eigenvalue weighted by atomic mass is 10.3. The van der Waals surface area contributed by atoms with E-state index in [0.29, 0.717) is 15.7 Å². The van der Waals surface area contributed by atoms with Crippen molar-refractivity contribution in [3.05, 3.63) is 28.2 Å². The van der Waals surface area contributed by atoms with E-state index < -0.39 is 0 Å². The van der Waals surface area contributed by atoms with Gasteiger partial charge in [-0.1, -0.05) is 29.3 Å². The van der Waals surface area contributed by atoms with E-state index in [1.807, 2.05) is 0 Å². The van der Waals surface area contributed by atoms with E-state index in [2.05, 4.69) is 5.32 Å². The van der Waals surface area contributed by atoms with Crippen LogP contribution in [0.1, 0.15) is 19.8 Å². The molecule has 0 aliphatic heterocycles. The van der Waals surface area contributed by atoms with Crippen molar-refractivity contribution in [2.75, 3.05) is 11.9 Å². The van der Waals surface area contributed by atoms with Crippen molar-refractivity contribution >= 4 is 40.7 Å². The summed E-state index contributed by atoms with van der Waals surface area (Å²) >= 11 is 11.9. The Labute approximate surface area is 121 Å². The lowest BCUT2D eigenvalue weighted by molar-refractivity contribution is -0.133. The Hall–Kier alpha value is -1.26. The third-order valence-electron chi connectivity index (χ3n) is 2.93. The van der Waals surface area contributed by atoms with Crippen molar-refractivity contribution in [1.29, 1.82) is 0 Å². The van der Waals surface area contributed by atoms with E-state index >= 15 is 0 Å². The molecule has 1 saturated carbocycles. The molecule has 1 aliphatic rings. The Morgan fingerprint density at radius 1 is 1.32 bits per heavy atom. The molecule has 1 N–H and O–H groups in total. The molecule has 0 aromatic heterocycles. The Morgan fingerprint density at radius 2 is 1.89 bits per heavy atom. The summed E-state index contributed by atoms with van der Waals surface area (Å²) in [6.45, 7) is 1.50. The first-order valence-electron chi connectivity index (χ1n) is 6.00. The number of hydrogen-bond acceptors (Lipinski definition) is 2. The minimum absolute atomic E-state index is 0.0293. The molecule has 102 valence electrons.